The van der Waals surface area contributed by atoms with Crippen LogP contribution in [-0.4, -0.2) is 17.8 Å². The van der Waals surface area contributed by atoms with Gasteiger partial charge in [-0.25, -0.2) is 4.79 Å². The van der Waals surface area contributed by atoms with Crippen molar-refractivity contribution in [2.24, 2.45) is 17.8 Å². The first-order valence-electron chi connectivity index (χ1n) is 9.29. The van der Waals surface area contributed by atoms with Crippen LogP contribution in [0.15, 0.2) is 54.6 Å². The first-order valence-corrected chi connectivity index (χ1v) is 9.29. The van der Waals surface area contributed by atoms with Crippen molar-refractivity contribution in [3.8, 4) is 5.75 Å². The third kappa shape index (κ3) is 3.25. The van der Waals surface area contributed by atoms with Crippen LogP contribution in [0.4, 0.5) is 5.69 Å². The van der Waals surface area contributed by atoms with Crippen molar-refractivity contribution in [1.82, 2.24) is 0 Å². The highest BCUT2D eigenvalue weighted by Gasteiger charge is 2.49. The lowest BCUT2D eigenvalue weighted by molar-refractivity contribution is -0.122. The van der Waals surface area contributed by atoms with E-state index >= 15 is 0 Å². The highest BCUT2D eigenvalue weighted by atomic mass is 16.5. The van der Waals surface area contributed by atoms with Crippen LogP contribution >= 0.6 is 0 Å². The van der Waals surface area contributed by atoms with E-state index in [2.05, 4.69) is 6.92 Å². The average Bonchev–Trinajstić information content (AvgIpc) is 2.92. The smallest absolute Gasteiger partial charge is 0.343 e. The number of benzene rings is 2. The number of hydrogen-bond acceptors (Lipinski definition) is 4. The van der Waals surface area contributed by atoms with Gasteiger partial charge in [-0.1, -0.05) is 25.1 Å². The zero-order valence-electron chi connectivity index (χ0n) is 15.1. The van der Waals surface area contributed by atoms with Gasteiger partial charge in [0.15, 0.2) is 0 Å². The van der Waals surface area contributed by atoms with Crippen LogP contribution in [0.25, 0.3) is 0 Å². The fraction of sp³-hybridized carbons (Fsp3) is 0.318. The lowest BCUT2D eigenvalue weighted by atomic mass is 9.76. The second-order valence-electron chi connectivity index (χ2n) is 7.39. The number of nitrogens with zero attached hydrogens (tertiary/aromatic N) is 1. The van der Waals surface area contributed by atoms with Crippen LogP contribution in [0.3, 0.4) is 0 Å². The summed E-state index contributed by atoms with van der Waals surface area (Å²) in [6.45, 7) is 2.13. The first kappa shape index (κ1) is 17.5. The molecule has 5 heteroatoms. The van der Waals surface area contributed by atoms with E-state index in [1.807, 2.05) is 6.07 Å². The Morgan fingerprint density at radius 1 is 0.926 bits per heavy atom. The fourth-order valence-corrected chi connectivity index (χ4v) is 4.05. The maximum absolute atomic E-state index is 12.8. The normalized spacial score (nSPS) is 24.6. The van der Waals surface area contributed by atoms with E-state index in [0.29, 0.717) is 22.9 Å². The summed E-state index contributed by atoms with van der Waals surface area (Å²) in [5, 5.41) is 0. The van der Waals surface area contributed by atoms with Crippen molar-refractivity contribution >= 4 is 23.5 Å². The number of imide groups is 1. The molecule has 4 rings (SSSR count). The molecule has 0 spiro atoms. The molecule has 3 atom stereocenters. The summed E-state index contributed by atoms with van der Waals surface area (Å²) in [4.78, 5) is 39.0. The predicted octanol–water partition coefficient (Wildman–Crippen LogP) is 3.83. The largest absolute Gasteiger partial charge is 0.423 e. The molecule has 5 nitrogen and oxygen atoms in total. The second-order valence-corrected chi connectivity index (χ2v) is 7.39. The zero-order chi connectivity index (χ0) is 19.0. The lowest BCUT2D eigenvalue weighted by Gasteiger charge is -2.25. The molecule has 2 amide bonds. The highest BCUT2D eigenvalue weighted by Crippen LogP contribution is 2.42. The lowest BCUT2D eigenvalue weighted by Crippen LogP contribution is -2.30. The molecule has 1 aliphatic heterocycles. The van der Waals surface area contributed by atoms with Crippen molar-refractivity contribution in [3.05, 3.63) is 60.2 Å². The molecule has 0 aromatic heterocycles. The maximum Gasteiger partial charge on any atom is 0.343 e. The van der Waals surface area contributed by atoms with Crippen molar-refractivity contribution in [1.29, 1.82) is 0 Å². The summed E-state index contributed by atoms with van der Waals surface area (Å²) < 4.78 is 5.31. The molecule has 2 fully saturated rings. The maximum atomic E-state index is 12.8. The molecule has 138 valence electrons. The Morgan fingerprint density at radius 2 is 1.59 bits per heavy atom. The number of amides is 2. The molecule has 1 aliphatic carbocycles. The topological polar surface area (TPSA) is 63.7 Å². The van der Waals surface area contributed by atoms with E-state index in [-0.39, 0.29) is 23.7 Å². The number of anilines is 1. The number of ether oxygens (including phenoxy) is 1. The van der Waals surface area contributed by atoms with Crippen LogP contribution in [0.5, 0.6) is 5.75 Å². The van der Waals surface area contributed by atoms with E-state index in [1.165, 1.54) is 4.90 Å². The van der Waals surface area contributed by atoms with E-state index in [1.54, 1.807) is 48.5 Å². The van der Waals surface area contributed by atoms with E-state index in [4.69, 9.17) is 4.74 Å². The predicted molar refractivity (Wildman–Crippen MR) is 100 cm³/mol. The van der Waals surface area contributed by atoms with Crippen LogP contribution in [0.1, 0.15) is 36.5 Å². The van der Waals surface area contributed by atoms with Gasteiger partial charge < -0.3 is 4.74 Å². The van der Waals surface area contributed by atoms with E-state index in [0.717, 1.165) is 19.3 Å². The standard InChI is InChI=1S/C22H21NO4/c1-14-7-12-18-19(13-14)21(25)23(20(18)24)16-10-8-15(9-11-16)22(26)27-17-5-3-2-4-6-17/h2-6,8-11,14,18-19H,7,12-13H2,1H3/t14-,18+,19-/m0/s1. The minimum atomic E-state index is -0.477. The molecule has 0 unspecified atom stereocenters. The van der Waals surface area contributed by atoms with Crippen LogP contribution in [0.2, 0.25) is 0 Å². The van der Waals surface area contributed by atoms with Gasteiger partial charge in [0.1, 0.15) is 5.75 Å². The van der Waals surface area contributed by atoms with Crippen LogP contribution in [0, 0.1) is 17.8 Å². The van der Waals surface area contributed by atoms with Crippen molar-refractivity contribution in [2.45, 2.75) is 26.2 Å². The van der Waals surface area contributed by atoms with Crippen LogP contribution < -0.4 is 9.64 Å². The molecule has 1 saturated carbocycles. The Kier molecular flexibility index (Phi) is 4.52. The number of carbonyl (C=O) groups excluding carboxylic acids is 3. The second kappa shape index (κ2) is 6.99. The van der Waals surface area contributed by atoms with Gasteiger partial charge in [-0.15, -0.1) is 0 Å². The highest BCUT2D eigenvalue weighted by molar-refractivity contribution is 6.22. The number of hydrogen-bond donors (Lipinski definition) is 0. The Morgan fingerprint density at radius 3 is 2.30 bits per heavy atom. The number of rotatable bonds is 3. The van der Waals surface area contributed by atoms with Crippen LogP contribution in [-0.2, 0) is 9.59 Å². The summed E-state index contributed by atoms with van der Waals surface area (Å²) in [6.07, 6.45) is 2.53. The van der Waals surface area contributed by atoms with Gasteiger partial charge in [-0.05, 0) is 61.6 Å². The van der Waals surface area contributed by atoms with Gasteiger partial charge in [0.2, 0.25) is 11.8 Å². The summed E-state index contributed by atoms with van der Waals surface area (Å²) in [5.74, 6) is -0.171. The van der Waals surface area contributed by atoms with E-state index in [9.17, 15) is 14.4 Å². The summed E-state index contributed by atoms with van der Waals surface area (Å²) in [7, 11) is 0. The SMILES string of the molecule is C[C@H]1CC[C@H]2C(=O)N(c3ccc(C(=O)Oc4ccccc4)cc3)C(=O)[C@H]2C1. The quantitative estimate of drug-likeness (QED) is 0.472. The average molecular weight is 363 g/mol. The molecular weight excluding hydrogens is 342 g/mol. The van der Waals surface area contributed by atoms with E-state index < -0.39 is 5.97 Å². The molecular formula is C22H21NO4. The molecule has 1 heterocycles. The number of fused-ring (bicyclic) bond motifs is 1. The zero-order valence-corrected chi connectivity index (χ0v) is 15.1. The molecule has 0 radical (unpaired) electrons. The van der Waals surface area contributed by atoms with Gasteiger partial charge in [0.05, 0.1) is 23.1 Å². The van der Waals surface area contributed by atoms with Gasteiger partial charge in [0.25, 0.3) is 0 Å². The molecule has 1 saturated heterocycles. The van der Waals surface area contributed by atoms with Crippen molar-refractivity contribution in [3.63, 3.8) is 0 Å². The van der Waals surface area contributed by atoms with Gasteiger partial charge >= 0.3 is 5.97 Å². The Labute approximate surface area is 157 Å². The van der Waals surface area contributed by atoms with Crippen molar-refractivity contribution in [2.75, 3.05) is 4.90 Å². The summed E-state index contributed by atoms with van der Waals surface area (Å²) in [5.41, 5.74) is 0.885. The first-order chi connectivity index (χ1) is 13.0. The number of esters is 1. The summed E-state index contributed by atoms with van der Waals surface area (Å²) in [6, 6.07) is 15.3. The summed E-state index contributed by atoms with van der Waals surface area (Å²) >= 11 is 0. The minimum Gasteiger partial charge on any atom is -0.423 e. The van der Waals surface area contributed by atoms with Crippen molar-refractivity contribution < 1.29 is 19.1 Å². The molecule has 27 heavy (non-hydrogen) atoms. The molecule has 0 N–H and O–H groups in total. The monoisotopic (exact) mass is 363 g/mol. The number of carbonyl (C=O) groups is 3. The Balaban J connectivity index is 1.51. The Bertz CT molecular complexity index is 875. The Hall–Kier alpha value is -2.95. The van der Waals surface area contributed by atoms with Gasteiger partial charge in [-0.3, -0.25) is 14.5 Å². The fourth-order valence-electron chi connectivity index (χ4n) is 4.05. The molecule has 2 aliphatic rings. The van der Waals surface area contributed by atoms with Gasteiger partial charge in [0, 0.05) is 0 Å². The minimum absolute atomic E-state index is 0.114. The molecule has 0 bridgehead atoms. The van der Waals surface area contributed by atoms with Gasteiger partial charge in [-0.2, -0.15) is 0 Å². The molecule has 2 aromatic rings. The third-order valence-electron chi connectivity index (χ3n) is 5.50. The molecule has 2 aromatic carbocycles. The number of para-hydroxylation sites is 1. The third-order valence-corrected chi connectivity index (χ3v) is 5.50.